The molecule has 98 valence electrons. The summed E-state index contributed by atoms with van der Waals surface area (Å²) in [5.74, 6) is 1.11. The van der Waals surface area contributed by atoms with Crippen LogP contribution in [-0.2, 0) is 13.1 Å². The normalized spacial score (nSPS) is 13.4. The van der Waals surface area contributed by atoms with Crippen LogP contribution in [0, 0.1) is 12.8 Å². The number of halogens is 2. The first-order valence-electron chi connectivity index (χ1n) is 6.02. The van der Waals surface area contributed by atoms with Crippen LogP contribution < -0.4 is 5.32 Å². The second-order valence-corrected chi connectivity index (χ2v) is 5.23. The molecule has 0 spiro atoms. The highest BCUT2D eigenvalue weighted by molar-refractivity contribution is 6.31. The van der Waals surface area contributed by atoms with Gasteiger partial charge in [0.05, 0.1) is 16.4 Å². The zero-order valence-electron chi connectivity index (χ0n) is 10.9. The van der Waals surface area contributed by atoms with Crippen molar-refractivity contribution in [3.8, 4) is 0 Å². The monoisotopic (exact) mass is 277 g/mol. The molecule has 1 rings (SSSR count). The molecule has 0 fully saturated rings. The van der Waals surface area contributed by atoms with Gasteiger partial charge in [0.15, 0.2) is 0 Å². The van der Waals surface area contributed by atoms with Gasteiger partial charge < -0.3 is 5.32 Å². The molecule has 0 aromatic carbocycles. The molecular formula is C12H21Cl2N3. The lowest BCUT2D eigenvalue weighted by Crippen LogP contribution is -2.35. The number of rotatable bonds is 6. The highest BCUT2D eigenvalue weighted by Crippen LogP contribution is 2.20. The van der Waals surface area contributed by atoms with E-state index < -0.39 is 0 Å². The Bertz CT molecular complexity index is 361. The van der Waals surface area contributed by atoms with E-state index in [0.717, 1.165) is 23.0 Å². The summed E-state index contributed by atoms with van der Waals surface area (Å²) in [6.07, 6.45) is 0. The third-order valence-electron chi connectivity index (χ3n) is 2.96. The first-order chi connectivity index (χ1) is 8.01. The Morgan fingerprint density at radius 1 is 1.41 bits per heavy atom. The van der Waals surface area contributed by atoms with E-state index in [0.29, 0.717) is 24.4 Å². The zero-order chi connectivity index (χ0) is 13.0. The fourth-order valence-corrected chi connectivity index (χ4v) is 2.40. The first-order valence-corrected chi connectivity index (χ1v) is 6.93. The van der Waals surface area contributed by atoms with Crippen LogP contribution in [0.4, 0.5) is 0 Å². The van der Waals surface area contributed by atoms with Crippen LogP contribution in [0.3, 0.4) is 0 Å². The average molecular weight is 278 g/mol. The molecule has 1 aromatic heterocycles. The van der Waals surface area contributed by atoms with Crippen molar-refractivity contribution >= 4 is 23.2 Å². The smallest absolute Gasteiger partial charge is 0.0860 e. The van der Waals surface area contributed by atoms with Crippen LogP contribution in [-0.4, -0.2) is 21.7 Å². The molecule has 3 nitrogen and oxygen atoms in total. The standard InChI is InChI=1S/C12H21Cl2N3/c1-5-17-11(12(14)9(4)16-17)7-15-10(6-13)8(2)3/h8,10,15H,5-7H2,1-4H3. The fourth-order valence-electron chi connectivity index (χ4n) is 1.73. The Morgan fingerprint density at radius 3 is 2.53 bits per heavy atom. The fraction of sp³-hybridized carbons (Fsp3) is 0.750. The molecule has 0 saturated carbocycles. The number of nitrogens with one attached hydrogen (secondary N) is 1. The van der Waals surface area contributed by atoms with E-state index in [1.807, 2.05) is 11.6 Å². The SMILES string of the molecule is CCn1nc(C)c(Cl)c1CNC(CCl)C(C)C. The molecule has 5 heteroatoms. The van der Waals surface area contributed by atoms with E-state index in [1.54, 1.807) is 0 Å². The highest BCUT2D eigenvalue weighted by atomic mass is 35.5. The van der Waals surface area contributed by atoms with Gasteiger partial charge in [-0.15, -0.1) is 11.6 Å². The third-order valence-corrected chi connectivity index (χ3v) is 3.78. The Hall–Kier alpha value is -0.250. The van der Waals surface area contributed by atoms with Gasteiger partial charge in [0.2, 0.25) is 0 Å². The lowest BCUT2D eigenvalue weighted by atomic mass is 10.1. The van der Waals surface area contributed by atoms with Gasteiger partial charge in [-0.25, -0.2) is 0 Å². The Morgan fingerprint density at radius 2 is 2.06 bits per heavy atom. The van der Waals surface area contributed by atoms with Crippen LogP contribution >= 0.6 is 23.2 Å². The third kappa shape index (κ3) is 3.60. The second-order valence-electron chi connectivity index (χ2n) is 4.55. The van der Waals surface area contributed by atoms with Crippen LogP contribution in [0.15, 0.2) is 0 Å². The van der Waals surface area contributed by atoms with E-state index in [-0.39, 0.29) is 0 Å². The molecular weight excluding hydrogens is 257 g/mol. The summed E-state index contributed by atoms with van der Waals surface area (Å²) in [7, 11) is 0. The van der Waals surface area contributed by atoms with Gasteiger partial charge in [0, 0.05) is 25.0 Å². The number of alkyl halides is 1. The molecule has 1 aromatic rings. The number of hydrogen-bond acceptors (Lipinski definition) is 2. The highest BCUT2D eigenvalue weighted by Gasteiger charge is 2.16. The summed E-state index contributed by atoms with van der Waals surface area (Å²) in [4.78, 5) is 0. The van der Waals surface area contributed by atoms with Crippen molar-refractivity contribution in [1.82, 2.24) is 15.1 Å². The van der Waals surface area contributed by atoms with Crippen molar-refractivity contribution in [3.05, 3.63) is 16.4 Å². The Balaban J connectivity index is 2.74. The largest absolute Gasteiger partial charge is 0.307 e. The molecule has 0 aliphatic heterocycles. The summed E-state index contributed by atoms with van der Waals surface area (Å²) in [5, 5.41) is 8.59. The van der Waals surface area contributed by atoms with Crippen molar-refractivity contribution in [2.45, 2.75) is 46.8 Å². The summed E-state index contributed by atoms with van der Waals surface area (Å²) in [6, 6.07) is 0.299. The van der Waals surface area contributed by atoms with Crippen molar-refractivity contribution in [3.63, 3.8) is 0 Å². The van der Waals surface area contributed by atoms with E-state index in [4.69, 9.17) is 23.2 Å². The van der Waals surface area contributed by atoms with Gasteiger partial charge in [-0.2, -0.15) is 5.10 Å². The quantitative estimate of drug-likeness (QED) is 0.810. The lowest BCUT2D eigenvalue weighted by molar-refractivity contribution is 0.421. The maximum Gasteiger partial charge on any atom is 0.0860 e. The molecule has 0 radical (unpaired) electrons. The lowest BCUT2D eigenvalue weighted by Gasteiger charge is -2.20. The van der Waals surface area contributed by atoms with Crippen LogP contribution in [0.25, 0.3) is 0 Å². The topological polar surface area (TPSA) is 29.9 Å². The maximum atomic E-state index is 6.24. The van der Waals surface area contributed by atoms with Crippen molar-refractivity contribution in [1.29, 1.82) is 0 Å². The van der Waals surface area contributed by atoms with Gasteiger partial charge >= 0.3 is 0 Å². The Kier molecular flexibility index (Phi) is 5.77. The summed E-state index contributed by atoms with van der Waals surface area (Å²) < 4.78 is 1.94. The molecule has 17 heavy (non-hydrogen) atoms. The average Bonchev–Trinajstić information content (AvgIpc) is 2.56. The minimum absolute atomic E-state index is 0.299. The summed E-state index contributed by atoms with van der Waals surface area (Å²) in [6.45, 7) is 9.85. The van der Waals surface area contributed by atoms with Crippen molar-refractivity contribution in [2.24, 2.45) is 5.92 Å². The zero-order valence-corrected chi connectivity index (χ0v) is 12.4. The molecule has 1 heterocycles. The van der Waals surface area contributed by atoms with Gasteiger partial charge in [-0.1, -0.05) is 25.4 Å². The van der Waals surface area contributed by atoms with Crippen LogP contribution in [0.5, 0.6) is 0 Å². The van der Waals surface area contributed by atoms with Crippen molar-refractivity contribution in [2.75, 3.05) is 5.88 Å². The molecule has 0 saturated heterocycles. The number of hydrogen-bond donors (Lipinski definition) is 1. The number of aryl methyl sites for hydroxylation is 2. The molecule has 0 aliphatic carbocycles. The van der Waals surface area contributed by atoms with Crippen molar-refractivity contribution < 1.29 is 0 Å². The van der Waals surface area contributed by atoms with Gasteiger partial charge in [-0.3, -0.25) is 4.68 Å². The molecule has 0 bridgehead atoms. The molecule has 1 N–H and O–H groups in total. The first kappa shape index (κ1) is 14.8. The van der Waals surface area contributed by atoms with E-state index in [1.165, 1.54) is 0 Å². The summed E-state index contributed by atoms with van der Waals surface area (Å²) >= 11 is 12.2. The van der Waals surface area contributed by atoms with E-state index >= 15 is 0 Å². The minimum Gasteiger partial charge on any atom is -0.307 e. The van der Waals surface area contributed by atoms with Gasteiger partial charge in [-0.05, 0) is 19.8 Å². The number of nitrogens with zero attached hydrogens (tertiary/aromatic N) is 2. The predicted molar refractivity (Wildman–Crippen MR) is 73.8 cm³/mol. The van der Waals surface area contributed by atoms with Crippen LogP contribution in [0.2, 0.25) is 5.02 Å². The van der Waals surface area contributed by atoms with Gasteiger partial charge in [0.25, 0.3) is 0 Å². The summed E-state index contributed by atoms with van der Waals surface area (Å²) in [5.41, 5.74) is 1.93. The predicted octanol–water partition coefficient (Wildman–Crippen LogP) is 3.22. The minimum atomic E-state index is 0.299. The Labute approximate surface area is 113 Å². The maximum absolute atomic E-state index is 6.24. The van der Waals surface area contributed by atoms with Gasteiger partial charge in [0.1, 0.15) is 0 Å². The molecule has 0 aliphatic rings. The molecule has 1 atom stereocenters. The second kappa shape index (κ2) is 6.62. The van der Waals surface area contributed by atoms with E-state index in [2.05, 4.69) is 31.2 Å². The number of aromatic nitrogens is 2. The van der Waals surface area contributed by atoms with E-state index in [9.17, 15) is 0 Å². The molecule has 0 amide bonds. The molecule has 1 unspecified atom stereocenters. The van der Waals surface area contributed by atoms with Crippen LogP contribution in [0.1, 0.15) is 32.2 Å².